The van der Waals surface area contributed by atoms with Gasteiger partial charge in [-0.2, -0.15) is 26.3 Å². The molecule has 2 unspecified atom stereocenters. The van der Waals surface area contributed by atoms with Gasteiger partial charge in [0.1, 0.15) is 18.4 Å². The van der Waals surface area contributed by atoms with Crippen molar-refractivity contribution in [3.63, 3.8) is 0 Å². The van der Waals surface area contributed by atoms with Crippen molar-refractivity contribution in [2.75, 3.05) is 6.54 Å². The van der Waals surface area contributed by atoms with E-state index in [1.54, 1.807) is 5.32 Å². The van der Waals surface area contributed by atoms with E-state index in [1.807, 2.05) is 0 Å². The number of carbonyl (C=O) groups excluding carboxylic acids is 2. The summed E-state index contributed by atoms with van der Waals surface area (Å²) in [5.41, 5.74) is -0.0401. The van der Waals surface area contributed by atoms with Gasteiger partial charge in [-0.1, -0.05) is 34.1 Å². The van der Waals surface area contributed by atoms with Crippen molar-refractivity contribution >= 4 is 49.8 Å². The predicted octanol–water partition coefficient (Wildman–Crippen LogP) is 6.51. The van der Waals surface area contributed by atoms with Crippen molar-refractivity contribution in [2.45, 2.75) is 31.2 Å². The third-order valence-corrected chi connectivity index (χ3v) is 5.63. The van der Waals surface area contributed by atoms with E-state index in [9.17, 15) is 40.3 Å². The molecular formula is C22H17Br2F7N2O2. The van der Waals surface area contributed by atoms with Crippen LogP contribution in [0.3, 0.4) is 0 Å². The summed E-state index contributed by atoms with van der Waals surface area (Å²) in [6.45, 7) is -0.362. The Labute approximate surface area is 212 Å². The molecular weight excluding hydrogens is 617 g/mol. The van der Waals surface area contributed by atoms with Gasteiger partial charge in [0.2, 0.25) is 5.91 Å². The van der Waals surface area contributed by atoms with Gasteiger partial charge in [-0.05, 0) is 64.3 Å². The first-order valence-corrected chi connectivity index (χ1v) is 11.3. The summed E-state index contributed by atoms with van der Waals surface area (Å²) in [5.74, 6) is -4.78. The zero-order chi connectivity index (χ0) is 26.6. The summed E-state index contributed by atoms with van der Waals surface area (Å²) in [4.78, 5) is 24.1. The fourth-order valence-electron chi connectivity index (χ4n) is 2.87. The van der Waals surface area contributed by atoms with Gasteiger partial charge in [0.05, 0.1) is 11.5 Å². The van der Waals surface area contributed by atoms with Crippen LogP contribution in [0.15, 0.2) is 51.4 Å². The Morgan fingerprint density at radius 2 is 1.69 bits per heavy atom. The molecule has 0 saturated carbocycles. The maximum atomic E-state index is 13.6. The normalized spacial score (nSPS) is 14.0. The summed E-state index contributed by atoms with van der Waals surface area (Å²) in [5, 5.41) is 3.88. The van der Waals surface area contributed by atoms with Crippen molar-refractivity contribution < 1.29 is 40.3 Å². The predicted molar refractivity (Wildman–Crippen MR) is 122 cm³/mol. The van der Waals surface area contributed by atoms with Crippen molar-refractivity contribution in [1.29, 1.82) is 0 Å². The van der Waals surface area contributed by atoms with Crippen molar-refractivity contribution in [3.05, 3.63) is 73.9 Å². The van der Waals surface area contributed by atoms with E-state index in [2.05, 4.69) is 37.2 Å². The number of halogens is 9. The van der Waals surface area contributed by atoms with Crippen LogP contribution in [-0.4, -0.2) is 36.8 Å². The lowest BCUT2D eigenvalue weighted by molar-refractivity contribution is -0.139. The molecule has 0 aliphatic rings. The number of allylic oxidation sites excluding steroid dienone is 1. The largest absolute Gasteiger partial charge is 0.405 e. The summed E-state index contributed by atoms with van der Waals surface area (Å²) in [6, 6.07) is 5.62. The first kappa shape index (κ1) is 28.8. The van der Waals surface area contributed by atoms with Crippen LogP contribution in [0.4, 0.5) is 30.7 Å². The van der Waals surface area contributed by atoms with Crippen molar-refractivity contribution in [2.24, 2.45) is 0 Å². The van der Waals surface area contributed by atoms with Gasteiger partial charge >= 0.3 is 12.4 Å². The Balaban J connectivity index is 2.16. The van der Waals surface area contributed by atoms with E-state index in [-0.39, 0.29) is 25.6 Å². The maximum absolute atomic E-state index is 13.6. The lowest BCUT2D eigenvalue weighted by Gasteiger charge is -2.18. The highest BCUT2D eigenvalue weighted by molar-refractivity contribution is 9.10. The average molecular weight is 634 g/mol. The highest BCUT2D eigenvalue weighted by Gasteiger charge is 2.39. The number of carbonyl (C=O) groups is 2. The van der Waals surface area contributed by atoms with Gasteiger partial charge in [-0.25, -0.2) is 4.39 Å². The topological polar surface area (TPSA) is 58.2 Å². The third kappa shape index (κ3) is 8.95. The molecule has 0 aliphatic heterocycles. The first-order chi connectivity index (χ1) is 16.1. The third-order valence-electron chi connectivity index (χ3n) is 4.52. The Hall–Kier alpha value is -2.41. The second-order valence-corrected chi connectivity index (χ2v) is 9.12. The standard InChI is InChI=1S/C22H17Br2F7N2O2/c1-11(19(34)32-10-21(26,27)28)33-20(35)16-4-2-12(6-18(16)24)3-5-17(22(29,30)31)13-7-14(23)9-15(25)8-13/h2-9,11,17H,10H2,1H3,(H,32,34)(H,33,35)/b5-3+. The molecule has 0 fully saturated rings. The molecule has 35 heavy (non-hydrogen) atoms. The van der Waals surface area contributed by atoms with Gasteiger partial charge in [-0.15, -0.1) is 0 Å². The second kappa shape index (κ2) is 11.5. The molecule has 190 valence electrons. The van der Waals surface area contributed by atoms with Gasteiger partial charge in [0, 0.05) is 8.95 Å². The van der Waals surface area contributed by atoms with Crippen LogP contribution in [0.5, 0.6) is 0 Å². The van der Waals surface area contributed by atoms with E-state index in [0.717, 1.165) is 30.4 Å². The molecule has 0 radical (unpaired) electrons. The zero-order valence-corrected chi connectivity index (χ0v) is 20.9. The minimum atomic E-state index is -4.70. The van der Waals surface area contributed by atoms with E-state index in [4.69, 9.17) is 0 Å². The zero-order valence-electron chi connectivity index (χ0n) is 17.7. The van der Waals surface area contributed by atoms with Crippen LogP contribution >= 0.6 is 31.9 Å². The molecule has 2 amide bonds. The monoisotopic (exact) mass is 632 g/mol. The van der Waals surface area contributed by atoms with Crippen molar-refractivity contribution in [1.82, 2.24) is 10.6 Å². The molecule has 2 atom stereocenters. The fraction of sp³-hybridized carbons (Fsp3) is 0.273. The Bertz CT molecular complexity index is 1100. The van der Waals surface area contributed by atoms with E-state index < -0.39 is 48.5 Å². The van der Waals surface area contributed by atoms with Gasteiger partial charge in [0.15, 0.2) is 0 Å². The van der Waals surface area contributed by atoms with Crippen LogP contribution in [-0.2, 0) is 4.79 Å². The van der Waals surface area contributed by atoms with Crippen LogP contribution in [0.1, 0.15) is 34.3 Å². The van der Waals surface area contributed by atoms with E-state index in [0.29, 0.717) is 0 Å². The second-order valence-electron chi connectivity index (χ2n) is 7.35. The molecule has 0 bridgehead atoms. The number of hydrogen-bond donors (Lipinski definition) is 2. The Morgan fingerprint density at radius 3 is 2.23 bits per heavy atom. The molecule has 0 aromatic heterocycles. The molecule has 2 rings (SSSR count). The number of alkyl halides is 6. The number of rotatable bonds is 7. The number of nitrogens with one attached hydrogen (secondary N) is 2. The summed E-state index contributed by atoms with van der Waals surface area (Å²) in [6.07, 6.45) is -7.32. The van der Waals surface area contributed by atoms with Gasteiger partial charge in [-0.3, -0.25) is 9.59 Å². The minimum Gasteiger partial charge on any atom is -0.345 e. The number of benzene rings is 2. The van der Waals surface area contributed by atoms with Crippen molar-refractivity contribution in [3.8, 4) is 0 Å². The summed E-state index contributed by atoms with van der Waals surface area (Å²) < 4.78 is 91.3. The van der Waals surface area contributed by atoms with Gasteiger partial charge in [0.25, 0.3) is 5.91 Å². The van der Waals surface area contributed by atoms with Crippen LogP contribution in [0.25, 0.3) is 6.08 Å². The molecule has 4 nitrogen and oxygen atoms in total. The Kier molecular flexibility index (Phi) is 9.51. The van der Waals surface area contributed by atoms with Crippen LogP contribution < -0.4 is 10.6 Å². The maximum Gasteiger partial charge on any atom is 0.405 e. The summed E-state index contributed by atoms with van der Waals surface area (Å²) >= 11 is 6.09. The molecule has 2 aromatic carbocycles. The lowest BCUT2D eigenvalue weighted by Crippen LogP contribution is -2.47. The van der Waals surface area contributed by atoms with Gasteiger partial charge < -0.3 is 10.6 Å². The molecule has 2 aromatic rings. The molecule has 0 saturated heterocycles. The molecule has 0 heterocycles. The average Bonchev–Trinajstić information content (AvgIpc) is 2.69. The van der Waals surface area contributed by atoms with E-state index in [1.165, 1.54) is 25.1 Å². The number of hydrogen-bond acceptors (Lipinski definition) is 2. The van der Waals surface area contributed by atoms with Crippen LogP contribution in [0, 0.1) is 5.82 Å². The molecule has 2 N–H and O–H groups in total. The highest BCUT2D eigenvalue weighted by Crippen LogP contribution is 2.38. The fourth-order valence-corrected chi connectivity index (χ4v) is 3.93. The first-order valence-electron chi connectivity index (χ1n) is 9.72. The minimum absolute atomic E-state index is 0.000876. The van der Waals surface area contributed by atoms with E-state index >= 15 is 0 Å². The summed E-state index contributed by atoms with van der Waals surface area (Å²) in [7, 11) is 0. The quantitative estimate of drug-likeness (QED) is 0.342. The molecule has 13 heteroatoms. The highest BCUT2D eigenvalue weighted by atomic mass is 79.9. The smallest absolute Gasteiger partial charge is 0.345 e. The molecule has 0 aliphatic carbocycles. The number of amides is 2. The lowest BCUT2D eigenvalue weighted by atomic mass is 9.97. The SMILES string of the molecule is CC(NC(=O)c1ccc(/C=C/C(c2cc(F)cc(Br)c2)C(F)(F)F)cc1Br)C(=O)NCC(F)(F)F. The molecule has 0 spiro atoms. The Morgan fingerprint density at radius 1 is 1.03 bits per heavy atom. The van der Waals surface area contributed by atoms with Crippen LogP contribution in [0.2, 0.25) is 0 Å².